The Balaban J connectivity index is 1.44. The van der Waals surface area contributed by atoms with Gasteiger partial charge in [0, 0.05) is 19.6 Å². The monoisotopic (exact) mass is 410 g/mol. The molecule has 1 aliphatic heterocycles. The highest BCUT2D eigenvalue weighted by molar-refractivity contribution is 5.81. The van der Waals surface area contributed by atoms with E-state index in [2.05, 4.69) is 29.3 Å². The van der Waals surface area contributed by atoms with Gasteiger partial charge in [-0.25, -0.2) is 0 Å². The van der Waals surface area contributed by atoms with Gasteiger partial charge in [-0.15, -0.1) is 0 Å². The van der Waals surface area contributed by atoms with Crippen molar-refractivity contribution in [2.45, 2.75) is 51.7 Å². The summed E-state index contributed by atoms with van der Waals surface area (Å²) in [4.78, 5) is 14.9. The maximum Gasteiger partial charge on any atom is 0.237 e. The summed E-state index contributed by atoms with van der Waals surface area (Å²) in [5.41, 5.74) is 1.25. The average molecular weight is 411 g/mol. The summed E-state index contributed by atoms with van der Waals surface area (Å²) in [5, 5.41) is 3.12. The summed E-state index contributed by atoms with van der Waals surface area (Å²) >= 11 is 0. The van der Waals surface area contributed by atoms with Gasteiger partial charge < -0.3 is 14.8 Å². The Kier molecular flexibility index (Phi) is 8.14. The van der Waals surface area contributed by atoms with Crippen LogP contribution >= 0.6 is 0 Å². The van der Waals surface area contributed by atoms with Crippen LogP contribution in [0.4, 0.5) is 0 Å². The first-order valence-electron chi connectivity index (χ1n) is 11.0. The van der Waals surface area contributed by atoms with Crippen molar-refractivity contribution in [3.63, 3.8) is 0 Å². The molecule has 0 saturated carbocycles. The van der Waals surface area contributed by atoms with Crippen molar-refractivity contribution < 1.29 is 14.3 Å². The maximum absolute atomic E-state index is 12.7. The largest absolute Gasteiger partial charge is 0.490 e. The number of likely N-dealkylation sites (tertiary alicyclic amines) is 1. The summed E-state index contributed by atoms with van der Waals surface area (Å²) in [6.45, 7) is 9.09. The fraction of sp³-hybridized carbons (Fsp3) is 0.480. The highest BCUT2D eigenvalue weighted by atomic mass is 16.5. The molecule has 1 amide bonds. The van der Waals surface area contributed by atoms with Crippen molar-refractivity contribution in [3.8, 4) is 11.5 Å². The normalized spacial score (nSPS) is 17.2. The Labute approximate surface area is 180 Å². The van der Waals surface area contributed by atoms with Crippen LogP contribution in [0.5, 0.6) is 11.5 Å². The molecule has 5 nitrogen and oxygen atoms in total. The van der Waals surface area contributed by atoms with Crippen LogP contribution in [-0.4, -0.2) is 49.2 Å². The predicted molar refractivity (Wildman–Crippen MR) is 120 cm³/mol. The van der Waals surface area contributed by atoms with Crippen molar-refractivity contribution in [3.05, 3.63) is 60.2 Å². The predicted octanol–water partition coefficient (Wildman–Crippen LogP) is 4.24. The van der Waals surface area contributed by atoms with Crippen LogP contribution in [-0.2, 0) is 4.79 Å². The van der Waals surface area contributed by atoms with Crippen molar-refractivity contribution in [2.75, 3.05) is 26.2 Å². The van der Waals surface area contributed by atoms with E-state index in [1.165, 1.54) is 5.56 Å². The number of rotatable bonds is 9. The Morgan fingerprint density at radius 3 is 2.33 bits per heavy atom. The van der Waals surface area contributed by atoms with E-state index in [0.717, 1.165) is 37.4 Å². The molecule has 2 aromatic rings. The summed E-state index contributed by atoms with van der Waals surface area (Å²) in [6, 6.07) is 18.0. The third kappa shape index (κ3) is 5.99. The fourth-order valence-electron chi connectivity index (χ4n) is 3.85. The zero-order valence-corrected chi connectivity index (χ0v) is 18.3. The number of para-hydroxylation sites is 2. The Morgan fingerprint density at radius 1 is 1.03 bits per heavy atom. The van der Waals surface area contributed by atoms with Crippen LogP contribution in [0.3, 0.4) is 0 Å². The van der Waals surface area contributed by atoms with Gasteiger partial charge in [0.15, 0.2) is 11.5 Å². The summed E-state index contributed by atoms with van der Waals surface area (Å²) in [7, 11) is 0. The molecule has 2 unspecified atom stereocenters. The van der Waals surface area contributed by atoms with Crippen LogP contribution in [0.25, 0.3) is 0 Å². The number of amides is 1. The fourth-order valence-corrected chi connectivity index (χ4v) is 3.85. The molecule has 0 aromatic heterocycles. The van der Waals surface area contributed by atoms with Crippen molar-refractivity contribution in [1.29, 1.82) is 0 Å². The van der Waals surface area contributed by atoms with E-state index in [1.807, 2.05) is 56.3 Å². The minimum absolute atomic E-state index is 0.0961. The van der Waals surface area contributed by atoms with Crippen LogP contribution in [0.1, 0.15) is 45.1 Å². The Hall–Kier alpha value is -2.53. The maximum atomic E-state index is 12.7. The Morgan fingerprint density at radius 2 is 1.67 bits per heavy atom. The van der Waals surface area contributed by atoms with Gasteiger partial charge in [0.1, 0.15) is 6.10 Å². The number of hydrogen-bond donors (Lipinski definition) is 1. The summed E-state index contributed by atoms with van der Waals surface area (Å²) in [5.74, 6) is 1.99. The first kappa shape index (κ1) is 22.2. The molecule has 3 rings (SSSR count). The van der Waals surface area contributed by atoms with Gasteiger partial charge in [-0.1, -0.05) is 49.4 Å². The van der Waals surface area contributed by atoms with Crippen molar-refractivity contribution >= 4 is 5.91 Å². The first-order valence-corrected chi connectivity index (χ1v) is 11.0. The first-order chi connectivity index (χ1) is 14.6. The van der Waals surface area contributed by atoms with Crippen molar-refractivity contribution in [1.82, 2.24) is 10.2 Å². The highest BCUT2D eigenvalue weighted by Gasteiger charge is 2.28. The summed E-state index contributed by atoms with van der Waals surface area (Å²) < 4.78 is 11.9. The number of piperidine rings is 1. The molecule has 5 heteroatoms. The molecule has 2 atom stereocenters. The third-order valence-corrected chi connectivity index (χ3v) is 5.80. The Bertz CT molecular complexity index is 788. The molecule has 0 spiro atoms. The molecule has 0 radical (unpaired) electrons. The smallest absolute Gasteiger partial charge is 0.237 e. The van der Waals surface area contributed by atoms with E-state index in [-0.39, 0.29) is 18.1 Å². The zero-order chi connectivity index (χ0) is 21.3. The number of carbonyl (C=O) groups excluding carboxylic acids is 1. The van der Waals surface area contributed by atoms with E-state index in [9.17, 15) is 4.79 Å². The molecule has 1 N–H and O–H groups in total. The lowest BCUT2D eigenvalue weighted by Gasteiger charge is -2.35. The molecule has 1 heterocycles. The summed E-state index contributed by atoms with van der Waals surface area (Å²) in [6.07, 6.45) is 1.95. The van der Waals surface area contributed by atoms with E-state index < -0.39 is 0 Å². The van der Waals surface area contributed by atoms with Gasteiger partial charge in [0.25, 0.3) is 0 Å². The van der Waals surface area contributed by atoms with Gasteiger partial charge in [-0.3, -0.25) is 9.69 Å². The molecular weight excluding hydrogens is 376 g/mol. The van der Waals surface area contributed by atoms with Crippen LogP contribution in [0.15, 0.2) is 54.6 Å². The van der Waals surface area contributed by atoms with Gasteiger partial charge in [0.05, 0.1) is 12.6 Å². The highest BCUT2D eigenvalue weighted by Crippen LogP contribution is 2.29. The second-order valence-corrected chi connectivity index (χ2v) is 7.97. The quantitative estimate of drug-likeness (QED) is 0.672. The molecule has 162 valence electrons. The number of nitrogens with zero attached hydrogens (tertiary/aromatic N) is 1. The van der Waals surface area contributed by atoms with E-state index >= 15 is 0 Å². The second-order valence-electron chi connectivity index (χ2n) is 7.97. The zero-order valence-electron chi connectivity index (χ0n) is 18.3. The average Bonchev–Trinajstić information content (AvgIpc) is 2.79. The molecule has 0 aliphatic carbocycles. The van der Waals surface area contributed by atoms with Crippen LogP contribution < -0.4 is 14.8 Å². The van der Waals surface area contributed by atoms with Crippen LogP contribution in [0.2, 0.25) is 0 Å². The molecule has 1 fully saturated rings. The number of ether oxygens (including phenoxy) is 2. The molecule has 0 bridgehead atoms. The van der Waals surface area contributed by atoms with Gasteiger partial charge in [0.2, 0.25) is 5.91 Å². The van der Waals surface area contributed by atoms with Gasteiger partial charge >= 0.3 is 0 Å². The molecule has 30 heavy (non-hydrogen) atoms. The van der Waals surface area contributed by atoms with E-state index in [1.54, 1.807) is 0 Å². The standard InChI is InChI=1S/C25H34N2O3/c1-4-29-23-12-8-9-13-24(23)30-22-14-16-27(17-15-22)20(3)25(28)26-18-19(2)21-10-6-5-7-11-21/h5-13,19-20,22H,4,14-18H2,1-3H3,(H,26,28). The molecule has 1 aliphatic rings. The molecule has 1 saturated heterocycles. The lowest BCUT2D eigenvalue weighted by atomic mass is 10.0. The third-order valence-electron chi connectivity index (χ3n) is 5.80. The minimum atomic E-state index is -0.135. The number of carbonyl (C=O) groups is 1. The van der Waals surface area contributed by atoms with Crippen LogP contribution in [0, 0.1) is 0 Å². The lowest BCUT2D eigenvalue weighted by molar-refractivity contribution is -0.126. The van der Waals surface area contributed by atoms with Gasteiger partial charge in [-0.2, -0.15) is 0 Å². The number of benzene rings is 2. The number of nitrogens with one attached hydrogen (secondary N) is 1. The SMILES string of the molecule is CCOc1ccccc1OC1CCN(C(C)C(=O)NCC(C)c2ccccc2)CC1. The minimum Gasteiger partial charge on any atom is -0.490 e. The molecular formula is C25H34N2O3. The number of hydrogen-bond acceptors (Lipinski definition) is 4. The topological polar surface area (TPSA) is 50.8 Å². The van der Waals surface area contributed by atoms with Gasteiger partial charge in [-0.05, 0) is 50.3 Å². The molecule has 2 aromatic carbocycles. The van der Waals surface area contributed by atoms with E-state index in [0.29, 0.717) is 19.1 Å². The second kappa shape index (κ2) is 11.0. The van der Waals surface area contributed by atoms with E-state index in [4.69, 9.17) is 9.47 Å². The van der Waals surface area contributed by atoms with Crippen molar-refractivity contribution in [2.24, 2.45) is 0 Å². The lowest BCUT2D eigenvalue weighted by Crippen LogP contribution is -2.50.